The molecule has 0 aliphatic carbocycles. The van der Waals surface area contributed by atoms with E-state index in [1.54, 1.807) is 0 Å². The summed E-state index contributed by atoms with van der Waals surface area (Å²) < 4.78 is 31.4. The van der Waals surface area contributed by atoms with Crippen molar-refractivity contribution >= 4 is 0 Å². The highest BCUT2D eigenvalue weighted by atomic mass is 19.1. The van der Waals surface area contributed by atoms with E-state index >= 15 is 0 Å². The topological polar surface area (TPSA) is 45.0 Å². The fourth-order valence-corrected chi connectivity index (χ4v) is 1.38. The molecule has 0 fully saturated rings. The maximum atomic E-state index is 13.5. The standard InChI is InChI=1S/C12H14F2N2O/c1-17-12-7-10(13)9(6-11(12)14)8-16-5-3-2-4-15/h6-7,16H,2-3,5,8H2,1H3. The van der Waals surface area contributed by atoms with E-state index in [4.69, 9.17) is 5.26 Å². The van der Waals surface area contributed by atoms with Crippen LogP contribution in [0.5, 0.6) is 5.75 Å². The second kappa shape index (κ2) is 6.81. The summed E-state index contributed by atoms with van der Waals surface area (Å²) in [5, 5.41) is 11.3. The summed E-state index contributed by atoms with van der Waals surface area (Å²) in [5.74, 6) is -1.19. The van der Waals surface area contributed by atoms with Gasteiger partial charge in [-0.05, 0) is 19.0 Å². The number of rotatable bonds is 6. The Hall–Kier alpha value is -1.67. The number of hydrogen-bond donors (Lipinski definition) is 1. The minimum absolute atomic E-state index is 0.101. The van der Waals surface area contributed by atoms with Gasteiger partial charge in [0.05, 0.1) is 13.2 Å². The molecular weight excluding hydrogens is 226 g/mol. The molecule has 0 unspecified atom stereocenters. The van der Waals surface area contributed by atoms with Crippen LogP contribution in [0.3, 0.4) is 0 Å². The van der Waals surface area contributed by atoms with Crippen molar-refractivity contribution in [3.63, 3.8) is 0 Å². The fourth-order valence-electron chi connectivity index (χ4n) is 1.38. The number of ether oxygens (including phenoxy) is 1. The van der Waals surface area contributed by atoms with E-state index in [1.807, 2.05) is 6.07 Å². The molecule has 0 amide bonds. The molecule has 0 heterocycles. The van der Waals surface area contributed by atoms with Gasteiger partial charge in [0.15, 0.2) is 11.6 Å². The van der Waals surface area contributed by atoms with E-state index in [9.17, 15) is 8.78 Å². The highest BCUT2D eigenvalue weighted by molar-refractivity contribution is 5.30. The highest BCUT2D eigenvalue weighted by Crippen LogP contribution is 2.21. The van der Waals surface area contributed by atoms with Gasteiger partial charge in [-0.3, -0.25) is 0 Å². The third kappa shape index (κ3) is 4.00. The molecule has 3 nitrogen and oxygen atoms in total. The molecule has 0 aromatic heterocycles. The van der Waals surface area contributed by atoms with E-state index in [1.165, 1.54) is 7.11 Å². The molecule has 5 heteroatoms. The van der Waals surface area contributed by atoms with Gasteiger partial charge < -0.3 is 10.1 Å². The molecule has 0 bridgehead atoms. The summed E-state index contributed by atoms with van der Waals surface area (Å²) in [6.45, 7) is 0.832. The lowest BCUT2D eigenvalue weighted by Crippen LogP contribution is -2.15. The molecule has 0 atom stereocenters. The molecule has 17 heavy (non-hydrogen) atoms. The summed E-state index contributed by atoms with van der Waals surface area (Å²) in [4.78, 5) is 0. The van der Waals surface area contributed by atoms with Crippen LogP contribution in [0.15, 0.2) is 12.1 Å². The van der Waals surface area contributed by atoms with Gasteiger partial charge in [0.2, 0.25) is 0 Å². The number of unbranched alkanes of at least 4 members (excludes halogenated alkanes) is 1. The Balaban J connectivity index is 2.54. The molecule has 0 aliphatic rings. The monoisotopic (exact) mass is 240 g/mol. The van der Waals surface area contributed by atoms with E-state index in [2.05, 4.69) is 10.1 Å². The zero-order valence-electron chi connectivity index (χ0n) is 9.59. The van der Waals surface area contributed by atoms with Crippen molar-refractivity contribution in [3.05, 3.63) is 29.3 Å². The van der Waals surface area contributed by atoms with Gasteiger partial charge in [0.1, 0.15) is 5.82 Å². The Morgan fingerprint density at radius 3 is 2.76 bits per heavy atom. The third-order valence-electron chi connectivity index (χ3n) is 2.28. The first-order valence-electron chi connectivity index (χ1n) is 5.28. The van der Waals surface area contributed by atoms with E-state index in [0.717, 1.165) is 12.1 Å². The highest BCUT2D eigenvalue weighted by Gasteiger charge is 2.09. The number of halogens is 2. The van der Waals surface area contributed by atoms with Gasteiger partial charge in [0, 0.05) is 24.6 Å². The van der Waals surface area contributed by atoms with Gasteiger partial charge in [-0.15, -0.1) is 0 Å². The Labute approximate surface area is 99.0 Å². The smallest absolute Gasteiger partial charge is 0.165 e. The second-order valence-electron chi connectivity index (χ2n) is 3.52. The molecule has 0 radical (unpaired) electrons. The van der Waals surface area contributed by atoms with Gasteiger partial charge in [-0.1, -0.05) is 0 Å². The minimum atomic E-state index is -0.581. The Morgan fingerprint density at radius 1 is 1.35 bits per heavy atom. The van der Waals surface area contributed by atoms with Crippen LogP contribution in [0.2, 0.25) is 0 Å². The van der Waals surface area contributed by atoms with Crippen molar-refractivity contribution in [2.24, 2.45) is 0 Å². The van der Waals surface area contributed by atoms with Crippen molar-refractivity contribution in [1.82, 2.24) is 5.32 Å². The summed E-state index contributed by atoms with van der Waals surface area (Å²) in [6.07, 6.45) is 1.14. The van der Waals surface area contributed by atoms with Crippen LogP contribution in [0.1, 0.15) is 18.4 Å². The third-order valence-corrected chi connectivity index (χ3v) is 2.28. The molecule has 0 spiro atoms. The number of nitrogens with one attached hydrogen (secondary N) is 1. The Bertz CT molecular complexity index is 416. The number of nitriles is 1. The van der Waals surface area contributed by atoms with Crippen molar-refractivity contribution in [3.8, 4) is 11.8 Å². The van der Waals surface area contributed by atoms with Crippen LogP contribution in [0, 0.1) is 23.0 Å². The number of methoxy groups -OCH3 is 1. The average Bonchev–Trinajstić information content (AvgIpc) is 2.32. The first kappa shape index (κ1) is 13.4. The van der Waals surface area contributed by atoms with Crippen LogP contribution in [0.25, 0.3) is 0 Å². The Kier molecular flexibility index (Phi) is 5.37. The molecular formula is C12H14F2N2O. The second-order valence-corrected chi connectivity index (χ2v) is 3.52. The van der Waals surface area contributed by atoms with Crippen molar-refractivity contribution in [2.75, 3.05) is 13.7 Å². The molecule has 0 aliphatic heterocycles. The average molecular weight is 240 g/mol. The van der Waals surface area contributed by atoms with Crippen LogP contribution in [-0.2, 0) is 6.54 Å². The van der Waals surface area contributed by atoms with Crippen LogP contribution in [-0.4, -0.2) is 13.7 Å². The van der Waals surface area contributed by atoms with E-state index < -0.39 is 11.6 Å². The van der Waals surface area contributed by atoms with Crippen LogP contribution < -0.4 is 10.1 Å². The number of hydrogen-bond acceptors (Lipinski definition) is 3. The predicted octanol–water partition coefficient (Wildman–Crippen LogP) is 2.37. The normalized spacial score (nSPS) is 10.0. The first-order valence-corrected chi connectivity index (χ1v) is 5.28. The molecule has 1 N–H and O–H groups in total. The SMILES string of the molecule is COc1cc(F)c(CNCCCC#N)cc1F. The maximum Gasteiger partial charge on any atom is 0.165 e. The number of nitrogens with zero attached hydrogens (tertiary/aromatic N) is 1. The largest absolute Gasteiger partial charge is 0.494 e. The summed E-state index contributed by atoms with van der Waals surface area (Å²) in [5.41, 5.74) is 0.250. The molecule has 0 saturated heterocycles. The zero-order chi connectivity index (χ0) is 12.7. The molecule has 1 aromatic carbocycles. The molecule has 92 valence electrons. The lowest BCUT2D eigenvalue weighted by Gasteiger charge is -2.08. The van der Waals surface area contributed by atoms with Gasteiger partial charge in [-0.2, -0.15) is 5.26 Å². The summed E-state index contributed by atoms with van der Waals surface area (Å²) in [7, 11) is 1.29. The lowest BCUT2D eigenvalue weighted by molar-refractivity contribution is 0.381. The van der Waals surface area contributed by atoms with Crippen molar-refractivity contribution in [1.29, 1.82) is 5.26 Å². The van der Waals surface area contributed by atoms with Crippen molar-refractivity contribution < 1.29 is 13.5 Å². The van der Waals surface area contributed by atoms with E-state index in [0.29, 0.717) is 19.4 Å². The predicted molar refractivity (Wildman–Crippen MR) is 59.5 cm³/mol. The molecule has 0 saturated carbocycles. The Morgan fingerprint density at radius 2 is 2.12 bits per heavy atom. The first-order chi connectivity index (χ1) is 8.19. The van der Waals surface area contributed by atoms with Crippen LogP contribution in [0.4, 0.5) is 8.78 Å². The number of benzene rings is 1. The van der Waals surface area contributed by atoms with Gasteiger partial charge in [0.25, 0.3) is 0 Å². The fraction of sp³-hybridized carbons (Fsp3) is 0.417. The summed E-state index contributed by atoms with van der Waals surface area (Å²) in [6, 6.07) is 4.16. The van der Waals surface area contributed by atoms with E-state index in [-0.39, 0.29) is 17.9 Å². The van der Waals surface area contributed by atoms with Gasteiger partial charge >= 0.3 is 0 Å². The maximum absolute atomic E-state index is 13.5. The quantitative estimate of drug-likeness (QED) is 0.776. The van der Waals surface area contributed by atoms with Crippen molar-refractivity contribution in [2.45, 2.75) is 19.4 Å². The lowest BCUT2D eigenvalue weighted by atomic mass is 10.2. The molecule has 1 aromatic rings. The zero-order valence-corrected chi connectivity index (χ0v) is 9.59. The van der Waals surface area contributed by atoms with Gasteiger partial charge in [-0.25, -0.2) is 8.78 Å². The van der Waals surface area contributed by atoms with Crippen LogP contribution >= 0.6 is 0 Å². The molecule has 1 rings (SSSR count). The minimum Gasteiger partial charge on any atom is -0.494 e. The summed E-state index contributed by atoms with van der Waals surface area (Å²) >= 11 is 0.